The van der Waals surface area contributed by atoms with Gasteiger partial charge in [0.15, 0.2) is 0 Å². The second kappa shape index (κ2) is 6.18. The van der Waals surface area contributed by atoms with Crippen LogP contribution < -0.4 is 5.32 Å². The summed E-state index contributed by atoms with van der Waals surface area (Å²) in [6.07, 6.45) is 1.76. The lowest BCUT2D eigenvalue weighted by molar-refractivity contribution is -0.140. The maximum Gasteiger partial charge on any atom is 0.326 e. The number of hydrogen-bond donors (Lipinski definition) is 3. The van der Waals surface area contributed by atoms with Crippen molar-refractivity contribution in [3.63, 3.8) is 0 Å². The predicted octanol–water partition coefficient (Wildman–Crippen LogP) is 1.20. The Labute approximate surface area is 106 Å². The summed E-state index contributed by atoms with van der Waals surface area (Å²) < 4.78 is 0. The summed E-state index contributed by atoms with van der Waals surface area (Å²) in [7, 11) is 0. The molecule has 6 nitrogen and oxygen atoms in total. The van der Waals surface area contributed by atoms with E-state index in [0.717, 1.165) is 18.5 Å². The molecule has 3 N–H and O–H groups in total. The number of carboxylic acid groups (broad SMARTS) is 1. The summed E-state index contributed by atoms with van der Waals surface area (Å²) in [4.78, 5) is 22.8. The molecule has 0 saturated carbocycles. The molecule has 0 aliphatic rings. The summed E-state index contributed by atoms with van der Waals surface area (Å²) in [6.45, 7) is 5.51. The van der Waals surface area contributed by atoms with Crippen LogP contribution in [0.4, 0.5) is 0 Å². The number of aryl methyl sites for hydroxylation is 1. The summed E-state index contributed by atoms with van der Waals surface area (Å²) in [5.74, 6) is -1.68. The number of aromatic amines is 1. The van der Waals surface area contributed by atoms with Gasteiger partial charge in [-0.25, -0.2) is 4.79 Å². The van der Waals surface area contributed by atoms with E-state index in [1.807, 2.05) is 6.92 Å². The van der Waals surface area contributed by atoms with Crippen molar-refractivity contribution in [3.05, 3.63) is 17.5 Å². The van der Waals surface area contributed by atoms with Gasteiger partial charge < -0.3 is 10.4 Å². The van der Waals surface area contributed by atoms with Gasteiger partial charge in [-0.15, -0.1) is 0 Å². The van der Waals surface area contributed by atoms with Gasteiger partial charge in [0.25, 0.3) is 5.91 Å². The lowest BCUT2D eigenvalue weighted by Gasteiger charge is -2.16. The van der Waals surface area contributed by atoms with Crippen LogP contribution in [0.15, 0.2) is 6.07 Å². The van der Waals surface area contributed by atoms with E-state index in [1.54, 1.807) is 19.9 Å². The van der Waals surface area contributed by atoms with E-state index in [4.69, 9.17) is 5.11 Å². The zero-order valence-corrected chi connectivity index (χ0v) is 10.9. The third kappa shape index (κ3) is 3.58. The van der Waals surface area contributed by atoms with Crippen molar-refractivity contribution >= 4 is 11.9 Å². The van der Waals surface area contributed by atoms with E-state index in [1.165, 1.54) is 0 Å². The third-order valence-electron chi connectivity index (χ3n) is 2.60. The molecule has 0 aliphatic carbocycles. The van der Waals surface area contributed by atoms with Crippen molar-refractivity contribution in [2.45, 2.75) is 39.7 Å². The summed E-state index contributed by atoms with van der Waals surface area (Å²) in [5, 5.41) is 18.1. The number of H-pyrrole nitrogens is 1. The molecule has 1 aromatic heterocycles. The van der Waals surface area contributed by atoms with Gasteiger partial charge in [0.1, 0.15) is 11.7 Å². The van der Waals surface area contributed by atoms with Crippen molar-refractivity contribution < 1.29 is 14.7 Å². The average Bonchev–Trinajstić information content (AvgIpc) is 2.73. The first-order chi connectivity index (χ1) is 8.45. The quantitative estimate of drug-likeness (QED) is 0.710. The van der Waals surface area contributed by atoms with Crippen molar-refractivity contribution in [1.82, 2.24) is 15.5 Å². The number of rotatable bonds is 6. The van der Waals surface area contributed by atoms with Crippen molar-refractivity contribution in [2.24, 2.45) is 5.92 Å². The Kier molecular flexibility index (Phi) is 4.88. The third-order valence-corrected chi connectivity index (χ3v) is 2.60. The van der Waals surface area contributed by atoms with Gasteiger partial charge in [0, 0.05) is 5.69 Å². The number of aliphatic carboxylic acids is 1. The Balaban J connectivity index is 2.71. The minimum absolute atomic E-state index is 0.180. The molecule has 0 bridgehead atoms. The molecule has 0 spiro atoms. The van der Waals surface area contributed by atoms with Gasteiger partial charge >= 0.3 is 5.97 Å². The van der Waals surface area contributed by atoms with E-state index in [2.05, 4.69) is 15.5 Å². The largest absolute Gasteiger partial charge is 0.480 e. The zero-order valence-electron chi connectivity index (χ0n) is 10.9. The second-order valence-electron chi connectivity index (χ2n) is 4.56. The van der Waals surface area contributed by atoms with Crippen LogP contribution in [0.2, 0.25) is 0 Å². The number of amides is 1. The first-order valence-corrected chi connectivity index (χ1v) is 6.03. The Morgan fingerprint density at radius 1 is 1.50 bits per heavy atom. The van der Waals surface area contributed by atoms with Crippen LogP contribution in [0.3, 0.4) is 0 Å². The van der Waals surface area contributed by atoms with Crippen LogP contribution in [0.1, 0.15) is 43.4 Å². The molecule has 0 aliphatic heterocycles. The molecule has 0 saturated heterocycles. The number of carbonyl (C=O) groups excluding carboxylic acids is 1. The fraction of sp³-hybridized carbons (Fsp3) is 0.583. The molecular weight excluding hydrogens is 234 g/mol. The number of carboxylic acids is 1. The molecule has 1 atom stereocenters. The van der Waals surface area contributed by atoms with Crippen LogP contribution in [0.5, 0.6) is 0 Å². The van der Waals surface area contributed by atoms with E-state index in [-0.39, 0.29) is 11.6 Å². The number of aromatic nitrogens is 2. The molecular formula is C12H19N3O3. The molecule has 6 heteroatoms. The number of hydrogen-bond acceptors (Lipinski definition) is 3. The SMILES string of the molecule is CCCc1cc(C(=O)N[C@@H](C(=O)O)C(C)C)n[nH]1. The highest BCUT2D eigenvalue weighted by Crippen LogP contribution is 2.06. The fourth-order valence-electron chi connectivity index (χ4n) is 1.60. The normalized spacial score (nSPS) is 12.4. The van der Waals surface area contributed by atoms with Crippen LogP contribution >= 0.6 is 0 Å². The number of carbonyl (C=O) groups is 2. The van der Waals surface area contributed by atoms with Crippen LogP contribution in [-0.4, -0.2) is 33.2 Å². The monoisotopic (exact) mass is 253 g/mol. The van der Waals surface area contributed by atoms with Gasteiger partial charge in [-0.1, -0.05) is 27.2 Å². The lowest BCUT2D eigenvalue weighted by atomic mass is 10.0. The first-order valence-electron chi connectivity index (χ1n) is 6.03. The van der Waals surface area contributed by atoms with E-state index >= 15 is 0 Å². The standard InChI is InChI=1S/C12H19N3O3/c1-4-5-8-6-9(15-14-8)11(16)13-10(7(2)3)12(17)18/h6-7,10H,4-5H2,1-3H3,(H,13,16)(H,14,15)(H,17,18)/t10-/m1/s1. The summed E-state index contributed by atoms with van der Waals surface area (Å²) >= 11 is 0. The Bertz CT molecular complexity index is 426. The number of nitrogens with one attached hydrogen (secondary N) is 2. The molecule has 1 heterocycles. The average molecular weight is 253 g/mol. The smallest absolute Gasteiger partial charge is 0.326 e. The van der Waals surface area contributed by atoms with Gasteiger partial charge in [-0.05, 0) is 18.4 Å². The van der Waals surface area contributed by atoms with Crippen molar-refractivity contribution in [1.29, 1.82) is 0 Å². The maximum atomic E-state index is 11.8. The van der Waals surface area contributed by atoms with E-state index < -0.39 is 17.9 Å². The van der Waals surface area contributed by atoms with Gasteiger partial charge in [0.05, 0.1) is 0 Å². The summed E-state index contributed by atoms with van der Waals surface area (Å²) in [6, 6.07) is 0.752. The minimum Gasteiger partial charge on any atom is -0.480 e. The van der Waals surface area contributed by atoms with E-state index in [9.17, 15) is 9.59 Å². The maximum absolute atomic E-state index is 11.8. The molecule has 100 valence electrons. The lowest BCUT2D eigenvalue weighted by Crippen LogP contribution is -2.44. The second-order valence-corrected chi connectivity index (χ2v) is 4.56. The van der Waals surface area contributed by atoms with Crippen molar-refractivity contribution in [2.75, 3.05) is 0 Å². The van der Waals surface area contributed by atoms with Gasteiger partial charge in [-0.3, -0.25) is 9.89 Å². The predicted molar refractivity (Wildman–Crippen MR) is 66.3 cm³/mol. The highest BCUT2D eigenvalue weighted by Gasteiger charge is 2.24. The van der Waals surface area contributed by atoms with Crippen LogP contribution in [0, 0.1) is 5.92 Å². The summed E-state index contributed by atoms with van der Waals surface area (Å²) in [5.41, 5.74) is 1.10. The van der Waals surface area contributed by atoms with E-state index in [0.29, 0.717) is 0 Å². The molecule has 0 aromatic carbocycles. The zero-order chi connectivity index (χ0) is 13.7. The topological polar surface area (TPSA) is 95.1 Å². The van der Waals surface area contributed by atoms with Crippen LogP contribution in [0.25, 0.3) is 0 Å². The first kappa shape index (κ1) is 14.2. The Morgan fingerprint density at radius 2 is 2.17 bits per heavy atom. The molecule has 1 rings (SSSR count). The molecule has 1 aromatic rings. The minimum atomic E-state index is -1.04. The molecule has 0 radical (unpaired) electrons. The molecule has 0 unspecified atom stereocenters. The highest BCUT2D eigenvalue weighted by atomic mass is 16.4. The Hall–Kier alpha value is -1.85. The molecule has 18 heavy (non-hydrogen) atoms. The van der Waals surface area contributed by atoms with Crippen LogP contribution in [-0.2, 0) is 11.2 Å². The van der Waals surface area contributed by atoms with Gasteiger partial charge in [-0.2, -0.15) is 5.10 Å². The molecule has 1 amide bonds. The highest BCUT2D eigenvalue weighted by molar-refractivity contribution is 5.95. The number of nitrogens with zero attached hydrogens (tertiary/aromatic N) is 1. The Morgan fingerprint density at radius 3 is 2.67 bits per heavy atom. The van der Waals surface area contributed by atoms with Gasteiger partial charge in [0.2, 0.25) is 0 Å². The molecule has 0 fully saturated rings. The fourth-order valence-corrected chi connectivity index (χ4v) is 1.60. The van der Waals surface area contributed by atoms with Crippen molar-refractivity contribution in [3.8, 4) is 0 Å².